The maximum absolute atomic E-state index is 12.7. The van der Waals surface area contributed by atoms with E-state index in [4.69, 9.17) is 4.74 Å². The number of carbonyl (C=O) groups excluding carboxylic acids is 2. The molecule has 0 aromatic heterocycles. The lowest BCUT2D eigenvalue weighted by molar-refractivity contribution is -0.120. The number of rotatable bonds is 6. The molecule has 0 aliphatic carbocycles. The Hall–Kier alpha value is -2.34. The van der Waals surface area contributed by atoms with Crippen molar-refractivity contribution in [2.45, 2.75) is 6.92 Å². The highest BCUT2D eigenvalue weighted by Gasteiger charge is 2.24. The van der Waals surface area contributed by atoms with E-state index in [0.717, 1.165) is 5.69 Å². The van der Waals surface area contributed by atoms with Crippen molar-refractivity contribution in [3.8, 4) is 0 Å². The Kier molecular flexibility index (Phi) is 6.81. The van der Waals surface area contributed by atoms with Crippen LogP contribution in [0.25, 0.3) is 0 Å². The predicted octanol–water partition coefficient (Wildman–Crippen LogP) is 1.98. The molecule has 0 atom stereocenters. The summed E-state index contributed by atoms with van der Waals surface area (Å²) in [6.07, 6.45) is 1.45. The van der Waals surface area contributed by atoms with Crippen molar-refractivity contribution in [3.63, 3.8) is 0 Å². The summed E-state index contributed by atoms with van der Waals surface area (Å²) < 4.78 is 5.01. The first kappa shape index (κ1) is 18.0. The van der Waals surface area contributed by atoms with Crippen LogP contribution < -0.4 is 4.90 Å². The number of piperazine rings is 1. The summed E-state index contributed by atoms with van der Waals surface area (Å²) in [6.45, 7) is 9.22. The minimum atomic E-state index is -0.277. The Bertz CT molecular complexity index is 554. The summed E-state index contributed by atoms with van der Waals surface area (Å²) >= 11 is 0. The summed E-state index contributed by atoms with van der Waals surface area (Å²) in [4.78, 5) is 29.8. The van der Waals surface area contributed by atoms with E-state index in [0.29, 0.717) is 45.9 Å². The van der Waals surface area contributed by atoms with Crippen LogP contribution in [0.5, 0.6) is 0 Å². The van der Waals surface area contributed by atoms with E-state index in [9.17, 15) is 9.59 Å². The zero-order chi connectivity index (χ0) is 17.4. The first-order valence-electron chi connectivity index (χ1n) is 8.26. The van der Waals surface area contributed by atoms with Crippen LogP contribution in [0.2, 0.25) is 0 Å². The van der Waals surface area contributed by atoms with Gasteiger partial charge in [0.25, 0.3) is 0 Å². The fraction of sp³-hybridized carbons (Fsp3) is 0.444. The normalized spacial score (nSPS) is 15.0. The van der Waals surface area contributed by atoms with Crippen molar-refractivity contribution in [2.24, 2.45) is 0 Å². The number of hydrogen-bond acceptors (Lipinski definition) is 4. The van der Waals surface area contributed by atoms with E-state index in [1.165, 1.54) is 0 Å². The highest BCUT2D eigenvalue weighted by molar-refractivity contribution is 5.95. The van der Waals surface area contributed by atoms with Gasteiger partial charge in [-0.1, -0.05) is 24.3 Å². The smallest absolute Gasteiger partial charge is 0.409 e. The molecule has 1 aromatic carbocycles. The van der Waals surface area contributed by atoms with Gasteiger partial charge in [-0.25, -0.2) is 4.79 Å². The van der Waals surface area contributed by atoms with Crippen molar-refractivity contribution < 1.29 is 14.3 Å². The summed E-state index contributed by atoms with van der Waals surface area (Å²) in [5, 5.41) is 0. The molecule has 0 radical (unpaired) electrons. The molecule has 0 saturated carbocycles. The average Bonchev–Trinajstić information content (AvgIpc) is 2.61. The van der Waals surface area contributed by atoms with Crippen LogP contribution >= 0.6 is 0 Å². The Morgan fingerprint density at radius 1 is 1.21 bits per heavy atom. The molecular weight excluding hydrogens is 306 g/mol. The molecule has 0 unspecified atom stereocenters. The van der Waals surface area contributed by atoms with Crippen LogP contribution in [-0.2, 0) is 9.53 Å². The van der Waals surface area contributed by atoms with Gasteiger partial charge in [0.05, 0.1) is 13.2 Å². The second kappa shape index (κ2) is 9.08. The Labute approximate surface area is 143 Å². The van der Waals surface area contributed by atoms with Crippen molar-refractivity contribution >= 4 is 17.7 Å². The molecule has 0 spiro atoms. The van der Waals surface area contributed by atoms with Crippen LogP contribution in [0.1, 0.15) is 6.92 Å². The molecular formula is C18H25N3O3. The van der Waals surface area contributed by atoms with Gasteiger partial charge < -0.3 is 14.5 Å². The van der Waals surface area contributed by atoms with E-state index in [2.05, 4.69) is 11.5 Å². The number of amides is 2. The Balaban J connectivity index is 1.89. The predicted molar refractivity (Wildman–Crippen MR) is 94.0 cm³/mol. The Morgan fingerprint density at radius 3 is 2.46 bits per heavy atom. The molecule has 1 aliphatic rings. The minimum Gasteiger partial charge on any atom is -0.450 e. The third-order valence-electron chi connectivity index (χ3n) is 3.94. The van der Waals surface area contributed by atoms with Gasteiger partial charge in [-0.3, -0.25) is 9.69 Å². The van der Waals surface area contributed by atoms with Crippen LogP contribution in [0.4, 0.5) is 10.5 Å². The fourth-order valence-electron chi connectivity index (χ4n) is 2.67. The number of para-hydroxylation sites is 1. The van der Waals surface area contributed by atoms with E-state index in [-0.39, 0.29) is 12.0 Å². The second-order valence-electron chi connectivity index (χ2n) is 5.59. The van der Waals surface area contributed by atoms with Gasteiger partial charge in [0, 0.05) is 38.4 Å². The number of anilines is 1. The van der Waals surface area contributed by atoms with E-state index in [1.54, 1.807) is 22.8 Å². The Morgan fingerprint density at radius 2 is 1.88 bits per heavy atom. The number of benzene rings is 1. The lowest BCUT2D eigenvalue weighted by atomic mass is 10.2. The van der Waals surface area contributed by atoms with Gasteiger partial charge in [-0.15, -0.1) is 6.58 Å². The first-order valence-corrected chi connectivity index (χ1v) is 8.26. The van der Waals surface area contributed by atoms with Crippen molar-refractivity contribution in [2.75, 3.05) is 50.8 Å². The molecule has 2 rings (SSSR count). The molecule has 2 amide bonds. The van der Waals surface area contributed by atoms with Gasteiger partial charge >= 0.3 is 6.09 Å². The summed E-state index contributed by atoms with van der Waals surface area (Å²) in [5.74, 6) is 0.0330. The largest absolute Gasteiger partial charge is 0.450 e. The highest BCUT2D eigenvalue weighted by Crippen LogP contribution is 2.14. The highest BCUT2D eigenvalue weighted by atomic mass is 16.6. The number of ether oxygens (including phenoxy) is 1. The molecule has 1 saturated heterocycles. The third-order valence-corrected chi connectivity index (χ3v) is 3.94. The number of nitrogens with zero attached hydrogens (tertiary/aromatic N) is 3. The molecule has 6 nitrogen and oxygen atoms in total. The standard InChI is InChI=1S/C18H25N3O3/c1-3-10-21(16-8-6-5-7-9-16)17(22)15-19-11-13-20(14-12-19)18(23)24-4-2/h3,5-9H,1,4,10-15H2,2H3. The molecule has 1 aromatic rings. The van der Waals surface area contributed by atoms with Crippen LogP contribution in [0, 0.1) is 0 Å². The summed E-state index contributed by atoms with van der Waals surface area (Å²) in [6, 6.07) is 9.59. The van der Waals surface area contributed by atoms with Gasteiger partial charge in [0.15, 0.2) is 0 Å². The monoisotopic (exact) mass is 331 g/mol. The molecule has 1 heterocycles. The van der Waals surface area contributed by atoms with Crippen LogP contribution in [0.15, 0.2) is 43.0 Å². The van der Waals surface area contributed by atoms with Crippen molar-refractivity contribution in [3.05, 3.63) is 43.0 Å². The molecule has 6 heteroatoms. The summed E-state index contributed by atoms with van der Waals surface area (Å²) in [5.41, 5.74) is 0.868. The molecule has 130 valence electrons. The van der Waals surface area contributed by atoms with E-state index >= 15 is 0 Å². The van der Waals surface area contributed by atoms with Gasteiger partial charge in [-0.05, 0) is 19.1 Å². The zero-order valence-electron chi connectivity index (χ0n) is 14.2. The lowest BCUT2D eigenvalue weighted by Crippen LogP contribution is -2.51. The van der Waals surface area contributed by atoms with Crippen molar-refractivity contribution in [1.82, 2.24) is 9.80 Å². The summed E-state index contributed by atoms with van der Waals surface area (Å²) in [7, 11) is 0. The maximum atomic E-state index is 12.7. The second-order valence-corrected chi connectivity index (χ2v) is 5.59. The molecule has 24 heavy (non-hydrogen) atoms. The molecule has 1 fully saturated rings. The lowest BCUT2D eigenvalue weighted by Gasteiger charge is -2.34. The van der Waals surface area contributed by atoms with Gasteiger partial charge in [0.1, 0.15) is 0 Å². The van der Waals surface area contributed by atoms with Crippen molar-refractivity contribution in [1.29, 1.82) is 0 Å². The van der Waals surface area contributed by atoms with Gasteiger partial charge in [-0.2, -0.15) is 0 Å². The number of hydrogen-bond donors (Lipinski definition) is 0. The number of carbonyl (C=O) groups is 2. The van der Waals surface area contributed by atoms with Crippen LogP contribution in [0.3, 0.4) is 0 Å². The molecule has 0 bridgehead atoms. The first-order chi connectivity index (χ1) is 11.7. The van der Waals surface area contributed by atoms with Gasteiger partial charge in [0.2, 0.25) is 5.91 Å². The average molecular weight is 331 g/mol. The SMILES string of the molecule is C=CCN(C(=O)CN1CCN(C(=O)OCC)CC1)c1ccccc1. The topological polar surface area (TPSA) is 53.1 Å². The zero-order valence-corrected chi connectivity index (χ0v) is 14.2. The third kappa shape index (κ3) is 4.83. The van der Waals surface area contributed by atoms with Crippen LogP contribution in [-0.4, -0.2) is 67.7 Å². The maximum Gasteiger partial charge on any atom is 0.409 e. The minimum absolute atomic E-state index is 0.0330. The molecule has 0 N–H and O–H groups in total. The quantitative estimate of drug-likeness (QED) is 0.748. The molecule has 1 aliphatic heterocycles. The fourth-order valence-corrected chi connectivity index (χ4v) is 2.67. The van der Waals surface area contributed by atoms with E-state index < -0.39 is 0 Å². The van der Waals surface area contributed by atoms with E-state index in [1.807, 2.05) is 30.3 Å².